The van der Waals surface area contributed by atoms with Gasteiger partial charge in [-0.05, 0) is 106 Å². The molecule has 1 aromatic rings. The maximum atomic E-state index is 15.8. The van der Waals surface area contributed by atoms with Crippen molar-refractivity contribution in [2.24, 2.45) is 23.7 Å². The number of hydrogen-bond donors (Lipinski definition) is 3. The van der Waals surface area contributed by atoms with E-state index < -0.39 is 223 Å². The maximum absolute atomic E-state index is 15.8. The van der Waals surface area contributed by atoms with Crippen LogP contribution in [0.1, 0.15) is 187 Å². The molecule has 6 aliphatic rings. The molecular weight excluding hydrogens is 1430 g/mol. The first kappa shape index (κ1) is 87.5. The normalized spacial score (nSPS) is 27.4. The van der Waals surface area contributed by atoms with E-state index in [-0.39, 0.29) is 62.5 Å². The van der Waals surface area contributed by atoms with Crippen LogP contribution in [0.3, 0.4) is 0 Å². The van der Waals surface area contributed by atoms with Crippen LogP contribution in [0.2, 0.25) is 5.02 Å². The number of alkyl halides is 5. The Bertz CT molecular complexity index is 3450. The van der Waals surface area contributed by atoms with Gasteiger partial charge in [-0.25, -0.2) is 8.78 Å². The van der Waals surface area contributed by atoms with E-state index in [0.717, 1.165) is 77.0 Å². The first-order chi connectivity index (χ1) is 50.6. The lowest BCUT2D eigenvalue weighted by Crippen LogP contribution is -2.65. The molecule has 26 nitrogen and oxygen atoms in total. The highest BCUT2D eigenvalue weighted by Gasteiger charge is 2.52. The number of carbonyl (C=O) groups is 13. The van der Waals surface area contributed by atoms with E-state index in [2.05, 4.69) is 16.0 Å². The summed E-state index contributed by atoms with van der Waals surface area (Å²) in [6.07, 6.45) is -0.708. The third-order valence-corrected chi connectivity index (χ3v) is 24.0. The molecule has 7 rings (SSSR count). The summed E-state index contributed by atoms with van der Waals surface area (Å²) in [4.78, 5) is 208. The summed E-state index contributed by atoms with van der Waals surface area (Å²) in [5.41, 5.74) is -2.82. The Balaban J connectivity index is 1.35. The number of likely N-dealkylation sites (N-methyl/N-ethyl adjacent to an activating group) is 8. The van der Waals surface area contributed by atoms with E-state index in [9.17, 15) is 60.3 Å². The van der Waals surface area contributed by atoms with Crippen molar-refractivity contribution < 1.29 is 84.3 Å². The Labute approximate surface area is 636 Å². The molecule has 0 radical (unpaired) electrons. The number of rotatable bonds is 13. The fourth-order valence-electron chi connectivity index (χ4n) is 16.2. The average Bonchev–Trinajstić information content (AvgIpc) is 1.75. The van der Waals surface area contributed by atoms with Crippen molar-refractivity contribution in [1.29, 1.82) is 0 Å². The summed E-state index contributed by atoms with van der Waals surface area (Å²) >= 11 is 6.18. The van der Waals surface area contributed by atoms with E-state index in [4.69, 9.17) is 11.6 Å². The minimum atomic E-state index is -4.84. The largest absolute Gasteiger partial charge is 0.417 e. The molecule has 3 saturated heterocycles. The number of hydrogen-bond acceptors (Lipinski definition) is 13. The Morgan fingerprint density at radius 3 is 1.81 bits per heavy atom. The van der Waals surface area contributed by atoms with Crippen LogP contribution in [0, 0.1) is 23.7 Å². The Kier molecular flexibility index (Phi) is 30.2. The quantitative estimate of drug-likeness (QED) is 0.188. The van der Waals surface area contributed by atoms with Crippen LogP contribution in [0.15, 0.2) is 18.2 Å². The van der Waals surface area contributed by atoms with Gasteiger partial charge in [-0.2, -0.15) is 13.2 Å². The number of piperidine rings is 1. The molecule has 3 aliphatic heterocycles. The van der Waals surface area contributed by atoms with Crippen LogP contribution in [0.25, 0.3) is 0 Å². The van der Waals surface area contributed by atoms with Gasteiger partial charge in [0.1, 0.15) is 59.9 Å². The SMILES string of the molecule is CC[C@H](C)[C@@H]1NC(=O)[C@H](CC(C)C)N(C)C(=O)C[C@@H](C(=O)N(C)C)N(C)C(=O)[C@H](C2CCCC2)N(C)C(=O)C2(CCCC2)NC(=O)[C@H](CC(=O)N2CCC(F)(F)CC2)N(C)C(=O)[C@H](CCc2ccc(C(F)(F)F)c(Cl)c2)NC(=O)CN(C)C(=O)[C@H](CC2CCCCC2)N(C)C(=O)C2CCN2C(=O)[C@H](C)N(C)C1=O. The molecule has 0 aromatic heterocycles. The van der Waals surface area contributed by atoms with Gasteiger partial charge in [-0.15, -0.1) is 0 Å². The fourth-order valence-corrected chi connectivity index (χ4v) is 16.5. The maximum Gasteiger partial charge on any atom is 0.417 e. The fraction of sp³-hybridized carbons (Fsp3) is 0.750. The monoisotopic (exact) mass is 1550 g/mol. The van der Waals surface area contributed by atoms with E-state index in [1.54, 1.807) is 6.92 Å². The minimum absolute atomic E-state index is 0.0244. The molecule has 1 aromatic carbocycles. The number of carbonyl (C=O) groups excluding carboxylic acids is 13. The third-order valence-electron chi connectivity index (χ3n) is 23.6. The van der Waals surface area contributed by atoms with E-state index in [1.807, 2.05) is 20.8 Å². The zero-order valence-electron chi connectivity index (χ0n) is 65.4. The molecule has 604 valence electrons. The molecule has 3 heterocycles. The van der Waals surface area contributed by atoms with Crippen molar-refractivity contribution in [2.45, 2.75) is 254 Å². The highest BCUT2D eigenvalue weighted by Crippen LogP contribution is 2.39. The second-order valence-electron chi connectivity index (χ2n) is 31.8. The van der Waals surface area contributed by atoms with Gasteiger partial charge in [0.05, 0.1) is 30.0 Å². The summed E-state index contributed by atoms with van der Waals surface area (Å²) in [6.45, 7) is 7.20. The molecule has 3 saturated carbocycles. The van der Waals surface area contributed by atoms with Gasteiger partial charge >= 0.3 is 6.18 Å². The van der Waals surface area contributed by atoms with Crippen LogP contribution < -0.4 is 16.0 Å². The van der Waals surface area contributed by atoms with E-state index in [0.29, 0.717) is 44.9 Å². The van der Waals surface area contributed by atoms with Gasteiger partial charge in [0.15, 0.2) is 0 Å². The molecule has 3 N–H and O–H groups in total. The Morgan fingerprint density at radius 2 is 1.26 bits per heavy atom. The second-order valence-corrected chi connectivity index (χ2v) is 32.3. The van der Waals surface area contributed by atoms with Crippen molar-refractivity contribution in [3.8, 4) is 0 Å². The highest BCUT2D eigenvalue weighted by molar-refractivity contribution is 6.31. The summed E-state index contributed by atoms with van der Waals surface area (Å²) in [5.74, 6) is -14.5. The molecule has 1 spiro atoms. The topological polar surface area (TPSA) is 290 Å². The van der Waals surface area contributed by atoms with E-state index >= 15 is 24.0 Å². The van der Waals surface area contributed by atoms with Gasteiger partial charge in [0, 0.05) is 95.9 Å². The summed E-state index contributed by atoms with van der Waals surface area (Å²) < 4.78 is 71.4. The van der Waals surface area contributed by atoms with E-state index in [1.165, 1.54) is 92.7 Å². The predicted molar refractivity (Wildman–Crippen MR) is 392 cm³/mol. The molecular formula is C76H115ClF5N13O13. The summed E-state index contributed by atoms with van der Waals surface area (Å²) in [5, 5.41) is 7.79. The molecule has 0 bridgehead atoms. The number of fused-ring (bicyclic) bond motifs is 1. The number of benzene rings is 1. The third kappa shape index (κ3) is 21.0. The number of amides is 13. The van der Waals surface area contributed by atoms with Crippen LogP contribution in [-0.2, 0) is 74.9 Å². The lowest BCUT2D eigenvalue weighted by Gasteiger charge is -2.45. The minimum Gasteiger partial charge on any atom is -0.347 e. The molecule has 6 fully saturated rings. The molecule has 10 atom stereocenters. The van der Waals surface area contributed by atoms with Crippen LogP contribution >= 0.6 is 11.6 Å². The van der Waals surface area contributed by atoms with Crippen LogP contribution in [0.5, 0.6) is 0 Å². The zero-order valence-corrected chi connectivity index (χ0v) is 66.1. The van der Waals surface area contributed by atoms with Gasteiger partial charge in [-0.3, -0.25) is 62.3 Å². The second kappa shape index (κ2) is 37.3. The molecule has 3 aliphatic carbocycles. The highest BCUT2D eigenvalue weighted by atomic mass is 35.5. The average molecular weight is 1550 g/mol. The first-order valence-electron chi connectivity index (χ1n) is 38.4. The molecule has 1 unspecified atom stereocenters. The Hall–Kier alpha value is -7.73. The van der Waals surface area contributed by atoms with Crippen molar-refractivity contribution in [3.63, 3.8) is 0 Å². The number of aryl methyl sites for hydroxylation is 1. The van der Waals surface area contributed by atoms with Crippen molar-refractivity contribution in [3.05, 3.63) is 34.3 Å². The van der Waals surface area contributed by atoms with Crippen LogP contribution in [-0.4, -0.2) is 281 Å². The Morgan fingerprint density at radius 1 is 0.657 bits per heavy atom. The van der Waals surface area contributed by atoms with Gasteiger partial charge in [0.25, 0.3) is 5.92 Å². The lowest BCUT2D eigenvalue weighted by molar-refractivity contribution is -0.160. The summed E-state index contributed by atoms with van der Waals surface area (Å²) in [6, 6.07) is -9.55. The van der Waals surface area contributed by atoms with Gasteiger partial charge in [-0.1, -0.05) is 110 Å². The lowest BCUT2D eigenvalue weighted by atomic mass is 9.84. The molecule has 32 heteroatoms. The predicted octanol–water partition coefficient (Wildman–Crippen LogP) is 6.12. The van der Waals surface area contributed by atoms with Crippen molar-refractivity contribution in [1.82, 2.24) is 64.9 Å². The zero-order chi connectivity index (χ0) is 80.4. The van der Waals surface area contributed by atoms with Gasteiger partial charge < -0.3 is 64.9 Å². The number of likely N-dealkylation sites (tertiary alicyclic amines) is 1. The number of nitrogens with one attached hydrogen (secondary N) is 3. The standard InChI is InChI=1S/C76H115ClF5N13O13/c1-15-46(4)62-71(106)88(9)47(5)66(101)95-36-31-54(95)70(105)91(12)57(41-48-23-17-16-18-24-48)69(104)87(8)44-59(96)83-53(30-28-49-27-29-51(52(77)40-49)76(80,81)82)67(102)90(11)56(42-61(98)94-37-34-75(78,79)35-38-94)65(100)85-74(32-21-22-33-74)73(108)93(14)63(50-25-19-20-26-50)72(107)92(13)58(68(103)86(6)7)43-60(97)89(10)55(39-45(2)3)64(99)84-62/h27,29,40,45-48,50,53-58,62-63H,15-26,28,30-39,41-44H2,1-14H3,(H,83,96)(H,84,99)(H,85,100)/t46-,47-,53-,54?,55-,56-,57-,58-,62-,63-/m0/s1. The molecule has 13 amide bonds. The summed E-state index contributed by atoms with van der Waals surface area (Å²) in [7, 11) is 12.3. The van der Waals surface area contributed by atoms with Gasteiger partial charge in [0.2, 0.25) is 76.8 Å². The van der Waals surface area contributed by atoms with Crippen LogP contribution in [0.4, 0.5) is 22.0 Å². The smallest absolute Gasteiger partial charge is 0.347 e. The van der Waals surface area contributed by atoms with Crippen molar-refractivity contribution >= 4 is 88.4 Å². The van der Waals surface area contributed by atoms with Crippen molar-refractivity contribution in [2.75, 3.05) is 89.6 Å². The number of nitrogens with zero attached hydrogens (tertiary/aromatic N) is 10. The molecule has 108 heavy (non-hydrogen) atoms. The first-order valence-corrected chi connectivity index (χ1v) is 38.7. The number of halogens is 6.